The summed E-state index contributed by atoms with van der Waals surface area (Å²) in [7, 11) is 1.59. The van der Waals surface area contributed by atoms with Gasteiger partial charge in [0.25, 0.3) is 0 Å². The largest absolute Gasteiger partial charge is 0.493 e. The lowest BCUT2D eigenvalue weighted by Gasteiger charge is -2.41. The van der Waals surface area contributed by atoms with Gasteiger partial charge < -0.3 is 19.9 Å². The van der Waals surface area contributed by atoms with E-state index in [4.69, 9.17) is 9.47 Å². The van der Waals surface area contributed by atoms with Crippen LogP contribution >= 0.6 is 0 Å². The third kappa shape index (κ3) is 3.12. The molecule has 0 aromatic heterocycles. The molecule has 6 nitrogen and oxygen atoms in total. The minimum Gasteiger partial charge on any atom is -0.493 e. The molecule has 0 spiro atoms. The number of nitrogens with one attached hydrogen (secondary N) is 1. The predicted octanol–water partition coefficient (Wildman–Crippen LogP) is 4.19. The molecule has 2 bridgehead atoms. The number of ether oxygens (including phenoxy) is 2. The summed E-state index contributed by atoms with van der Waals surface area (Å²) in [5, 5.41) is 12.7. The number of rotatable bonds is 6. The second-order valence-corrected chi connectivity index (χ2v) is 8.26. The molecule has 4 aliphatic carbocycles. The molecule has 4 aliphatic rings. The van der Waals surface area contributed by atoms with Crippen molar-refractivity contribution in [2.45, 2.75) is 6.42 Å². The predicted molar refractivity (Wildman–Crippen MR) is 110 cm³/mol. The van der Waals surface area contributed by atoms with Crippen LogP contribution in [0.2, 0.25) is 0 Å². The topological polar surface area (TPSA) is 84.9 Å². The van der Waals surface area contributed by atoms with Crippen LogP contribution in [0.5, 0.6) is 17.2 Å². The van der Waals surface area contributed by atoms with E-state index >= 15 is 0 Å². The fourth-order valence-electron chi connectivity index (χ4n) is 5.23. The van der Waals surface area contributed by atoms with Crippen molar-refractivity contribution in [1.29, 1.82) is 0 Å². The van der Waals surface area contributed by atoms with Gasteiger partial charge >= 0.3 is 5.97 Å². The summed E-state index contributed by atoms with van der Waals surface area (Å²) in [6.45, 7) is 0. The zero-order valence-electron chi connectivity index (χ0n) is 16.5. The third-order valence-electron chi connectivity index (χ3n) is 6.66. The highest BCUT2D eigenvalue weighted by atomic mass is 16.5. The summed E-state index contributed by atoms with van der Waals surface area (Å²) in [5.41, 5.74) is 0.620. The number of benzene rings is 2. The minimum absolute atomic E-state index is 0.0225. The first kappa shape index (κ1) is 18.7. The van der Waals surface area contributed by atoms with Crippen LogP contribution in [0.25, 0.3) is 0 Å². The monoisotopic (exact) mass is 405 g/mol. The van der Waals surface area contributed by atoms with E-state index in [1.807, 2.05) is 30.3 Å². The molecule has 2 saturated carbocycles. The van der Waals surface area contributed by atoms with Crippen LogP contribution < -0.4 is 14.8 Å². The number of hydrogen-bond acceptors (Lipinski definition) is 4. The molecule has 1 amide bonds. The molecule has 6 rings (SSSR count). The average Bonchev–Trinajstić information content (AvgIpc) is 3.57. The number of carboxylic acids is 1. The van der Waals surface area contributed by atoms with Crippen LogP contribution in [0.3, 0.4) is 0 Å². The highest BCUT2D eigenvalue weighted by Crippen LogP contribution is 2.63. The van der Waals surface area contributed by atoms with Crippen LogP contribution in [-0.2, 0) is 9.59 Å². The molecule has 0 unspecified atom stereocenters. The van der Waals surface area contributed by atoms with E-state index < -0.39 is 17.8 Å². The zero-order valence-corrected chi connectivity index (χ0v) is 16.5. The number of methoxy groups -OCH3 is 1. The summed E-state index contributed by atoms with van der Waals surface area (Å²) in [5.74, 6) is 0.493. The van der Waals surface area contributed by atoms with Crippen LogP contribution in [0.15, 0.2) is 60.7 Å². The Hall–Kier alpha value is -3.28. The van der Waals surface area contributed by atoms with Gasteiger partial charge in [0.15, 0.2) is 11.5 Å². The van der Waals surface area contributed by atoms with Crippen molar-refractivity contribution in [2.24, 2.45) is 35.5 Å². The smallest absolute Gasteiger partial charge is 0.307 e. The number of para-hydroxylation sites is 2. The highest BCUT2D eigenvalue weighted by Gasteiger charge is 2.62. The third-order valence-corrected chi connectivity index (χ3v) is 6.66. The number of hydrogen-bond donors (Lipinski definition) is 2. The van der Waals surface area contributed by atoms with Gasteiger partial charge in [-0.2, -0.15) is 0 Å². The fourth-order valence-corrected chi connectivity index (χ4v) is 5.23. The Labute approximate surface area is 174 Å². The van der Waals surface area contributed by atoms with E-state index in [1.54, 1.807) is 31.4 Å². The molecule has 0 saturated heterocycles. The maximum absolute atomic E-state index is 13.0. The van der Waals surface area contributed by atoms with E-state index in [0.717, 1.165) is 6.42 Å². The number of fused-ring (bicyclic) bond motifs is 1. The van der Waals surface area contributed by atoms with E-state index in [9.17, 15) is 14.7 Å². The second-order valence-electron chi connectivity index (χ2n) is 8.26. The molecule has 2 N–H and O–H groups in total. The van der Waals surface area contributed by atoms with Crippen molar-refractivity contribution in [3.05, 3.63) is 60.7 Å². The lowest BCUT2D eigenvalue weighted by molar-refractivity contribution is -0.152. The standard InChI is InChI=1S/C24H23NO5/c1-29-19-4-2-3-5-20(19)30-14-8-6-13(7-9-14)25-23(26)21-15-10-11-16(18-12-17(15)18)22(21)24(27)28/h2-11,15-18,21-22H,12H2,1H3,(H,25,26)(H,27,28)/t15-,16-,17-,18-,21+,22-/m0/s1. The van der Waals surface area contributed by atoms with Gasteiger partial charge in [0.2, 0.25) is 5.91 Å². The number of carbonyl (C=O) groups is 2. The number of allylic oxidation sites excluding steroid dienone is 2. The van der Waals surface area contributed by atoms with Gasteiger partial charge in [-0.25, -0.2) is 0 Å². The van der Waals surface area contributed by atoms with E-state index in [2.05, 4.69) is 11.4 Å². The van der Waals surface area contributed by atoms with Crippen molar-refractivity contribution in [1.82, 2.24) is 0 Å². The summed E-state index contributed by atoms with van der Waals surface area (Å²) >= 11 is 0. The molecule has 0 radical (unpaired) electrons. The van der Waals surface area contributed by atoms with Gasteiger partial charge in [0.1, 0.15) is 5.75 Å². The van der Waals surface area contributed by atoms with Crippen LogP contribution in [0, 0.1) is 35.5 Å². The van der Waals surface area contributed by atoms with E-state index in [1.165, 1.54) is 0 Å². The Balaban J connectivity index is 1.30. The van der Waals surface area contributed by atoms with Gasteiger partial charge in [-0.05, 0) is 66.5 Å². The van der Waals surface area contributed by atoms with E-state index in [0.29, 0.717) is 34.8 Å². The van der Waals surface area contributed by atoms with Gasteiger partial charge in [0, 0.05) is 5.69 Å². The first-order valence-electron chi connectivity index (χ1n) is 10.2. The number of carboxylic acid groups (broad SMARTS) is 1. The van der Waals surface area contributed by atoms with Crippen molar-refractivity contribution in [3.8, 4) is 17.2 Å². The van der Waals surface area contributed by atoms with Crippen LogP contribution in [-0.4, -0.2) is 24.1 Å². The van der Waals surface area contributed by atoms with Crippen LogP contribution in [0.4, 0.5) is 5.69 Å². The average molecular weight is 405 g/mol. The highest BCUT2D eigenvalue weighted by molar-refractivity contribution is 5.96. The molecule has 6 atom stereocenters. The number of amides is 1. The van der Waals surface area contributed by atoms with Crippen molar-refractivity contribution >= 4 is 17.6 Å². The molecule has 2 fully saturated rings. The lowest BCUT2D eigenvalue weighted by Crippen LogP contribution is -2.48. The normalized spacial score (nSPS) is 30.3. The van der Waals surface area contributed by atoms with E-state index in [-0.39, 0.29) is 17.7 Å². The van der Waals surface area contributed by atoms with Gasteiger partial charge in [0.05, 0.1) is 18.9 Å². The molecule has 2 aromatic carbocycles. The molecule has 6 heteroatoms. The Morgan fingerprint density at radius 2 is 1.57 bits per heavy atom. The Kier molecular flexibility index (Phi) is 4.50. The van der Waals surface area contributed by atoms with Gasteiger partial charge in [-0.3, -0.25) is 9.59 Å². The van der Waals surface area contributed by atoms with Gasteiger partial charge in [-0.15, -0.1) is 0 Å². The maximum atomic E-state index is 13.0. The minimum atomic E-state index is -0.875. The maximum Gasteiger partial charge on any atom is 0.307 e. The quantitative estimate of drug-likeness (QED) is 0.704. The Morgan fingerprint density at radius 1 is 0.933 bits per heavy atom. The summed E-state index contributed by atoms with van der Waals surface area (Å²) in [4.78, 5) is 24.9. The molecule has 0 heterocycles. The fraction of sp³-hybridized carbons (Fsp3) is 0.333. The second kappa shape index (κ2) is 7.20. The molecule has 0 aliphatic heterocycles. The molecule has 154 valence electrons. The Morgan fingerprint density at radius 3 is 2.20 bits per heavy atom. The molecule has 30 heavy (non-hydrogen) atoms. The van der Waals surface area contributed by atoms with Crippen molar-refractivity contribution < 1.29 is 24.2 Å². The summed E-state index contributed by atoms with van der Waals surface area (Å²) < 4.78 is 11.2. The number of aliphatic carboxylic acids is 1. The molecule has 2 aromatic rings. The Bertz CT molecular complexity index is 1010. The lowest BCUT2D eigenvalue weighted by atomic mass is 9.62. The molecular formula is C24H23NO5. The van der Waals surface area contributed by atoms with Gasteiger partial charge in [-0.1, -0.05) is 24.3 Å². The summed E-state index contributed by atoms with van der Waals surface area (Å²) in [6, 6.07) is 14.4. The van der Waals surface area contributed by atoms with Crippen LogP contribution in [0.1, 0.15) is 6.42 Å². The first-order valence-corrected chi connectivity index (χ1v) is 10.2. The SMILES string of the molecule is COc1ccccc1Oc1ccc(NC(=O)[C@@H]2[C@H]3C=C[C@@H]([C@@H]4C[C@@H]34)[C@@H]2C(=O)O)cc1. The van der Waals surface area contributed by atoms with Crippen molar-refractivity contribution in [3.63, 3.8) is 0 Å². The summed E-state index contributed by atoms with van der Waals surface area (Å²) in [6.07, 6.45) is 5.11. The van der Waals surface area contributed by atoms with Crippen molar-refractivity contribution in [2.75, 3.05) is 12.4 Å². The molecular weight excluding hydrogens is 382 g/mol. The first-order chi connectivity index (χ1) is 14.6. The zero-order chi connectivity index (χ0) is 20.8. The number of anilines is 1. The number of carbonyl (C=O) groups excluding carboxylic acids is 1.